The van der Waals surface area contributed by atoms with Gasteiger partial charge in [0.05, 0.1) is 5.92 Å². The summed E-state index contributed by atoms with van der Waals surface area (Å²) in [6.07, 6.45) is -1.71. The molecule has 2 unspecified atom stereocenters. The first-order chi connectivity index (χ1) is 8.52. The molecule has 2 atom stereocenters. The number of alkyl halides is 3. The monoisotopic (exact) mass is 262 g/mol. The average Bonchev–Trinajstić information content (AvgIpc) is 2.75. The lowest BCUT2D eigenvalue weighted by atomic mass is 9.88. The van der Waals surface area contributed by atoms with Gasteiger partial charge in [-0.3, -0.25) is 4.68 Å². The minimum absolute atomic E-state index is 0.196. The Balaban J connectivity index is 2.10. The fourth-order valence-corrected chi connectivity index (χ4v) is 2.47. The lowest BCUT2D eigenvalue weighted by Crippen LogP contribution is -2.49. The molecule has 18 heavy (non-hydrogen) atoms. The Morgan fingerprint density at radius 2 is 2.28 bits per heavy atom. The summed E-state index contributed by atoms with van der Waals surface area (Å²) in [4.78, 5) is 4.04. The van der Waals surface area contributed by atoms with Gasteiger partial charge in [-0.25, -0.2) is 4.98 Å². The molecule has 1 saturated heterocycles. The van der Waals surface area contributed by atoms with Gasteiger partial charge in [0.15, 0.2) is 0 Å². The zero-order valence-electron chi connectivity index (χ0n) is 10.2. The van der Waals surface area contributed by atoms with Crippen molar-refractivity contribution in [3.63, 3.8) is 0 Å². The summed E-state index contributed by atoms with van der Waals surface area (Å²) in [6.45, 7) is 3.16. The molecule has 2 heterocycles. The van der Waals surface area contributed by atoms with Crippen LogP contribution in [0.4, 0.5) is 13.2 Å². The molecule has 1 N–H and O–H groups in total. The number of piperidine rings is 1. The minimum atomic E-state index is -4.14. The number of nitrogens with zero attached hydrogens (tertiary/aromatic N) is 3. The molecule has 0 aromatic carbocycles. The Bertz CT molecular complexity index is 388. The van der Waals surface area contributed by atoms with E-state index < -0.39 is 18.1 Å². The van der Waals surface area contributed by atoms with Crippen LogP contribution in [0.5, 0.6) is 0 Å². The first-order valence-electron chi connectivity index (χ1n) is 6.19. The molecule has 0 aliphatic carbocycles. The van der Waals surface area contributed by atoms with Crippen LogP contribution in [-0.2, 0) is 13.0 Å². The normalized spacial score (nSPS) is 25.3. The van der Waals surface area contributed by atoms with Crippen LogP contribution in [0.1, 0.15) is 25.6 Å². The highest BCUT2D eigenvalue weighted by molar-refractivity contribution is 4.95. The van der Waals surface area contributed by atoms with E-state index in [4.69, 9.17) is 0 Å². The zero-order valence-corrected chi connectivity index (χ0v) is 10.2. The zero-order chi connectivity index (χ0) is 13.2. The van der Waals surface area contributed by atoms with Crippen molar-refractivity contribution in [2.75, 3.05) is 6.54 Å². The summed E-state index contributed by atoms with van der Waals surface area (Å²) < 4.78 is 40.4. The number of hydrogen-bond acceptors (Lipinski definition) is 3. The van der Waals surface area contributed by atoms with Crippen molar-refractivity contribution in [3.8, 4) is 0 Å². The molecule has 1 fully saturated rings. The third kappa shape index (κ3) is 2.82. The summed E-state index contributed by atoms with van der Waals surface area (Å²) in [6, 6.07) is -0.590. The van der Waals surface area contributed by atoms with E-state index in [1.165, 1.54) is 6.33 Å². The molecular weight excluding hydrogens is 245 g/mol. The molecule has 1 aliphatic rings. The second kappa shape index (κ2) is 5.26. The van der Waals surface area contributed by atoms with Crippen molar-refractivity contribution in [3.05, 3.63) is 12.2 Å². The van der Waals surface area contributed by atoms with Gasteiger partial charge in [-0.15, -0.1) is 0 Å². The Morgan fingerprint density at radius 3 is 2.94 bits per heavy atom. The Morgan fingerprint density at radius 1 is 1.50 bits per heavy atom. The van der Waals surface area contributed by atoms with Gasteiger partial charge in [0.25, 0.3) is 0 Å². The number of hydrogen-bond donors (Lipinski definition) is 1. The van der Waals surface area contributed by atoms with Gasteiger partial charge in [-0.2, -0.15) is 18.3 Å². The molecule has 1 aliphatic heterocycles. The van der Waals surface area contributed by atoms with E-state index in [-0.39, 0.29) is 12.8 Å². The number of rotatable bonds is 3. The van der Waals surface area contributed by atoms with Crippen molar-refractivity contribution in [1.29, 1.82) is 0 Å². The second-order valence-corrected chi connectivity index (χ2v) is 4.55. The molecule has 102 valence electrons. The maximum atomic E-state index is 12.9. The van der Waals surface area contributed by atoms with Crippen LogP contribution in [0.3, 0.4) is 0 Å². The largest absolute Gasteiger partial charge is 0.393 e. The van der Waals surface area contributed by atoms with E-state index in [0.717, 1.165) is 0 Å². The maximum Gasteiger partial charge on any atom is 0.393 e. The Kier molecular flexibility index (Phi) is 3.89. The molecule has 1 aromatic heterocycles. The maximum absolute atomic E-state index is 12.9. The standard InChI is InChI=1S/C11H17F3N4/c1-2-18-10(16-7-17-18)6-9-8(11(12,13)14)4-3-5-15-9/h7-9,15H,2-6H2,1H3. The molecule has 0 bridgehead atoms. The highest BCUT2D eigenvalue weighted by Crippen LogP contribution is 2.35. The first kappa shape index (κ1) is 13.3. The van der Waals surface area contributed by atoms with E-state index in [1.54, 1.807) is 4.68 Å². The summed E-state index contributed by atoms with van der Waals surface area (Å²) >= 11 is 0. The fraction of sp³-hybridized carbons (Fsp3) is 0.818. The smallest absolute Gasteiger partial charge is 0.313 e. The minimum Gasteiger partial charge on any atom is -0.313 e. The molecule has 0 saturated carbocycles. The van der Waals surface area contributed by atoms with E-state index in [1.807, 2.05) is 6.92 Å². The van der Waals surface area contributed by atoms with Crippen molar-refractivity contribution < 1.29 is 13.2 Å². The lowest BCUT2D eigenvalue weighted by Gasteiger charge is -2.33. The van der Waals surface area contributed by atoms with Crippen molar-refractivity contribution in [1.82, 2.24) is 20.1 Å². The number of aromatic nitrogens is 3. The van der Waals surface area contributed by atoms with Crippen molar-refractivity contribution >= 4 is 0 Å². The van der Waals surface area contributed by atoms with Gasteiger partial charge in [-0.05, 0) is 26.3 Å². The second-order valence-electron chi connectivity index (χ2n) is 4.55. The van der Waals surface area contributed by atoms with Gasteiger partial charge in [0, 0.05) is 19.0 Å². The number of halogens is 3. The number of aryl methyl sites for hydroxylation is 1. The Labute approximate surface area is 104 Å². The van der Waals surface area contributed by atoms with E-state index in [2.05, 4.69) is 15.4 Å². The van der Waals surface area contributed by atoms with Crippen LogP contribution in [0.2, 0.25) is 0 Å². The lowest BCUT2D eigenvalue weighted by molar-refractivity contribution is -0.188. The predicted octanol–water partition coefficient (Wildman–Crippen LogP) is 1.77. The molecule has 0 spiro atoms. The van der Waals surface area contributed by atoms with E-state index in [0.29, 0.717) is 25.3 Å². The average molecular weight is 262 g/mol. The Hall–Kier alpha value is -1.11. The van der Waals surface area contributed by atoms with Crippen LogP contribution >= 0.6 is 0 Å². The molecule has 1 aromatic rings. The van der Waals surface area contributed by atoms with Crippen molar-refractivity contribution in [2.24, 2.45) is 5.92 Å². The molecule has 4 nitrogen and oxygen atoms in total. The van der Waals surface area contributed by atoms with E-state index >= 15 is 0 Å². The van der Waals surface area contributed by atoms with Gasteiger partial charge >= 0.3 is 6.18 Å². The molecule has 7 heteroatoms. The van der Waals surface area contributed by atoms with E-state index in [9.17, 15) is 13.2 Å². The summed E-state index contributed by atoms with van der Waals surface area (Å²) in [5, 5.41) is 6.95. The van der Waals surface area contributed by atoms with Gasteiger partial charge < -0.3 is 5.32 Å². The third-order valence-corrected chi connectivity index (χ3v) is 3.40. The first-order valence-corrected chi connectivity index (χ1v) is 6.19. The topological polar surface area (TPSA) is 42.7 Å². The summed E-state index contributed by atoms with van der Waals surface area (Å²) in [5.74, 6) is -0.667. The molecule has 0 amide bonds. The summed E-state index contributed by atoms with van der Waals surface area (Å²) in [7, 11) is 0. The van der Waals surface area contributed by atoms with Crippen LogP contribution in [0, 0.1) is 5.92 Å². The quantitative estimate of drug-likeness (QED) is 0.902. The molecule has 2 rings (SSSR count). The van der Waals surface area contributed by atoms with Gasteiger partial charge in [-0.1, -0.05) is 0 Å². The highest BCUT2D eigenvalue weighted by Gasteiger charge is 2.45. The predicted molar refractivity (Wildman–Crippen MR) is 60.0 cm³/mol. The molecular formula is C11H17F3N4. The van der Waals surface area contributed by atoms with Crippen LogP contribution in [0.25, 0.3) is 0 Å². The van der Waals surface area contributed by atoms with Crippen LogP contribution in [-0.4, -0.2) is 33.5 Å². The van der Waals surface area contributed by atoms with Crippen LogP contribution in [0.15, 0.2) is 6.33 Å². The highest BCUT2D eigenvalue weighted by atomic mass is 19.4. The molecule has 0 radical (unpaired) electrons. The fourth-order valence-electron chi connectivity index (χ4n) is 2.47. The number of nitrogens with one attached hydrogen (secondary N) is 1. The van der Waals surface area contributed by atoms with Gasteiger partial charge in [0.2, 0.25) is 0 Å². The third-order valence-electron chi connectivity index (χ3n) is 3.40. The van der Waals surface area contributed by atoms with Crippen LogP contribution < -0.4 is 5.32 Å². The SMILES string of the molecule is CCn1ncnc1CC1NCCCC1C(F)(F)F. The van der Waals surface area contributed by atoms with Crippen molar-refractivity contribution in [2.45, 2.75) is 44.9 Å². The summed E-state index contributed by atoms with van der Waals surface area (Å²) in [5.41, 5.74) is 0. The van der Waals surface area contributed by atoms with Gasteiger partial charge in [0.1, 0.15) is 12.2 Å².